The lowest BCUT2D eigenvalue weighted by Crippen LogP contribution is -2.25. The van der Waals surface area contributed by atoms with Gasteiger partial charge >= 0.3 is 0 Å². The van der Waals surface area contributed by atoms with Crippen LogP contribution >= 0.6 is 0 Å². The van der Waals surface area contributed by atoms with E-state index in [0.717, 1.165) is 17.8 Å². The molecular formula is C10H19N. The van der Waals surface area contributed by atoms with Crippen LogP contribution in [0.1, 0.15) is 32.1 Å². The van der Waals surface area contributed by atoms with Crippen LogP contribution in [0.2, 0.25) is 0 Å². The van der Waals surface area contributed by atoms with Crippen molar-refractivity contribution in [2.45, 2.75) is 32.1 Å². The van der Waals surface area contributed by atoms with Gasteiger partial charge in [-0.1, -0.05) is 12.8 Å². The molecule has 0 spiro atoms. The molecule has 2 aliphatic rings. The van der Waals surface area contributed by atoms with Crippen LogP contribution < -0.4 is 5.32 Å². The molecule has 2 bridgehead atoms. The van der Waals surface area contributed by atoms with Crippen LogP contribution in [0.15, 0.2) is 0 Å². The second-order valence-corrected chi connectivity index (χ2v) is 4.44. The first kappa shape index (κ1) is 7.60. The van der Waals surface area contributed by atoms with Gasteiger partial charge in [0.1, 0.15) is 0 Å². The molecular weight excluding hydrogens is 134 g/mol. The maximum Gasteiger partial charge on any atom is -0.00233 e. The maximum absolute atomic E-state index is 3.31. The molecule has 11 heavy (non-hydrogen) atoms. The lowest BCUT2D eigenvalue weighted by Gasteiger charge is -2.27. The maximum atomic E-state index is 3.31. The van der Waals surface area contributed by atoms with Crippen molar-refractivity contribution in [2.75, 3.05) is 13.6 Å². The van der Waals surface area contributed by atoms with Crippen molar-refractivity contribution in [2.24, 2.45) is 17.8 Å². The molecule has 0 heterocycles. The van der Waals surface area contributed by atoms with Crippen molar-refractivity contribution < 1.29 is 0 Å². The van der Waals surface area contributed by atoms with Crippen LogP contribution in [0.5, 0.6) is 0 Å². The van der Waals surface area contributed by atoms with Gasteiger partial charge in [-0.25, -0.2) is 0 Å². The highest BCUT2D eigenvalue weighted by atomic mass is 14.8. The van der Waals surface area contributed by atoms with Crippen LogP contribution in [-0.2, 0) is 0 Å². The van der Waals surface area contributed by atoms with E-state index in [1.807, 2.05) is 0 Å². The molecule has 1 heteroatoms. The lowest BCUT2D eigenvalue weighted by atomic mass is 9.81. The first-order chi connectivity index (χ1) is 5.38. The Balaban J connectivity index is 1.87. The summed E-state index contributed by atoms with van der Waals surface area (Å²) in [7, 11) is 2.08. The van der Waals surface area contributed by atoms with Crippen molar-refractivity contribution >= 4 is 0 Å². The third-order valence-electron chi connectivity index (χ3n) is 3.48. The SMILES string of the molecule is CNCC1C[C@H]2CC[C@@H](C1)C2. The van der Waals surface area contributed by atoms with Crippen LogP contribution in [0.3, 0.4) is 0 Å². The van der Waals surface area contributed by atoms with E-state index in [2.05, 4.69) is 12.4 Å². The van der Waals surface area contributed by atoms with Crippen LogP contribution in [-0.4, -0.2) is 13.6 Å². The summed E-state index contributed by atoms with van der Waals surface area (Å²) in [6, 6.07) is 0. The summed E-state index contributed by atoms with van der Waals surface area (Å²) in [5, 5.41) is 3.31. The Morgan fingerprint density at radius 1 is 1.09 bits per heavy atom. The zero-order valence-corrected chi connectivity index (χ0v) is 7.47. The van der Waals surface area contributed by atoms with Gasteiger partial charge in [0.2, 0.25) is 0 Å². The molecule has 0 aromatic rings. The Kier molecular flexibility index (Phi) is 2.17. The van der Waals surface area contributed by atoms with Crippen molar-refractivity contribution in [1.29, 1.82) is 0 Å². The summed E-state index contributed by atoms with van der Waals surface area (Å²) in [5.74, 6) is 3.21. The van der Waals surface area contributed by atoms with Gasteiger partial charge in [0, 0.05) is 0 Å². The average molecular weight is 153 g/mol. The Labute approximate surface area is 69.6 Å². The van der Waals surface area contributed by atoms with Crippen LogP contribution in [0.4, 0.5) is 0 Å². The highest BCUT2D eigenvalue weighted by Gasteiger charge is 2.33. The van der Waals surface area contributed by atoms with E-state index in [-0.39, 0.29) is 0 Å². The number of fused-ring (bicyclic) bond motifs is 2. The van der Waals surface area contributed by atoms with Crippen molar-refractivity contribution in [1.82, 2.24) is 5.32 Å². The lowest BCUT2D eigenvalue weighted by molar-refractivity contribution is 0.257. The van der Waals surface area contributed by atoms with Gasteiger partial charge in [0.05, 0.1) is 0 Å². The molecule has 1 nitrogen and oxygen atoms in total. The summed E-state index contributed by atoms with van der Waals surface area (Å²) >= 11 is 0. The Morgan fingerprint density at radius 2 is 1.73 bits per heavy atom. The molecule has 0 amide bonds. The van der Waals surface area contributed by atoms with E-state index in [0.29, 0.717) is 0 Å². The number of hydrogen-bond acceptors (Lipinski definition) is 1. The molecule has 64 valence electrons. The normalized spacial score (nSPS) is 42.8. The first-order valence-corrected chi connectivity index (χ1v) is 5.03. The second kappa shape index (κ2) is 3.14. The second-order valence-electron chi connectivity index (χ2n) is 4.44. The highest BCUT2D eigenvalue weighted by molar-refractivity contribution is 4.85. The Bertz CT molecular complexity index is 121. The van der Waals surface area contributed by atoms with Crippen molar-refractivity contribution in [3.63, 3.8) is 0 Å². The predicted molar refractivity (Wildman–Crippen MR) is 47.5 cm³/mol. The topological polar surface area (TPSA) is 12.0 Å². The van der Waals surface area contributed by atoms with Crippen molar-refractivity contribution in [3.8, 4) is 0 Å². The molecule has 0 aliphatic heterocycles. The van der Waals surface area contributed by atoms with E-state index >= 15 is 0 Å². The monoisotopic (exact) mass is 153 g/mol. The van der Waals surface area contributed by atoms with Gasteiger partial charge in [-0.15, -0.1) is 0 Å². The fraction of sp³-hybridized carbons (Fsp3) is 1.00. The Hall–Kier alpha value is -0.0400. The standard InChI is InChI=1S/C10H19N/c1-11-7-10-5-8-2-3-9(4-8)6-10/h8-11H,2-7H2,1H3/t8-,9+,10?. The van der Waals surface area contributed by atoms with E-state index < -0.39 is 0 Å². The summed E-state index contributed by atoms with van der Waals surface area (Å²) < 4.78 is 0. The van der Waals surface area contributed by atoms with Gasteiger partial charge in [0.15, 0.2) is 0 Å². The van der Waals surface area contributed by atoms with Gasteiger partial charge in [-0.05, 0) is 50.6 Å². The van der Waals surface area contributed by atoms with E-state index in [1.54, 1.807) is 6.42 Å². The quantitative estimate of drug-likeness (QED) is 0.640. The minimum Gasteiger partial charge on any atom is -0.319 e. The summed E-state index contributed by atoms with van der Waals surface area (Å²) in [4.78, 5) is 0. The van der Waals surface area contributed by atoms with E-state index in [1.165, 1.54) is 32.2 Å². The molecule has 0 radical (unpaired) electrons. The smallest absolute Gasteiger partial charge is 0.00233 e. The molecule has 2 fully saturated rings. The minimum atomic E-state index is 1.01. The number of nitrogens with one attached hydrogen (secondary N) is 1. The fourth-order valence-corrected chi connectivity index (χ4v) is 3.10. The van der Waals surface area contributed by atoms with Crippen molar-refractivity contribution in [3.05, 3.63) is 0 Å². The number of hydrogen-bond donors (Lipinski definition) is 1. The first-order valence-electron chi connectivity index (χ1n) is 5.03. The molecule has 1 N–H and O–H groups in total. The molecule has 0 aromatic heterocycles. The molecule has 2 rings (SSSR count). The molecule has 2 aliphatic carbocycles. The molecule has 2 saturated carbocycles. The summed E-state index contributed by atoms with van der Waals surface area (Å²) in [6.45, 7) is 1.26. The minimum absolute atomic E-state index is 1.01. The zero-order chi connectivity index (χ0) is 7.68. The number of rotatable bonds is 2. The molecule has 1 unspecified atom stereocenters. The van der Waals surface area contributed by atoms with Gasteiger partial charge < -0.3 is 5.32 Å². The Morgan fingerprint density at radius 3 is 2.27 bits per heavy atom. The van der Waals surface area contributed by atoms with E-state index in [4.69, 9.17) is 0 Å². The highest BCUT2D eigenvalue weighted by Crippen LogP contribution is 2.44. The van der Waals surface area contributed by atoms with E-state index in [9.17, 15) is 0 Å². The molecule has 0 aromatic carbocycles. The van der Waals surface area contributed by atoms with Gasteiger partial charge in [-0.2, -0.15) is 0 Å². The van der Waals surface area contributed by atoms with Gasteiger partial charge in [-0.3, -0.25) is 0 Å². The largest absolute Gasteiger partial charge is 0.319 e. The van der Waals surface area contributed by atoms with Gasteiger partial charge in [0.25, 0.3) is 0 Å². The zero-order valence-electron chi connectivity index (χ0n) is 7.47. The van der Waals surface area contributed by atoms with Crippen LogP contribution in [0.25, 0.3) is 0 Å². The van der Waals surface area contributed by atoms with Crippen LogP contribution in [0, 0.1) is 17.8 Å². The molecule has 3 atom stereocenters. The summed E-state index contributed by atoms with van der Waals surface area (Å²) in [5.41, 5.74) is 0. The average Bonchev–Trinajstić information content (AvgIpc) is 2.32. The third kappa shape index (κ3) is 1.58. The third-order valence-corrected chi connectivity index (χ3v) is 3.48. The summed E-state index contributed by atoms with van der Waals surface area (Å²) in [6.07, 6.45) is 7.64. The predicted octanol–water partition coefficient (Wildman–Crippen LogP) is 2.03. The fourth-order valence-electron chi connectivity index (χ4n) is 3.10. The molecule has 0 saturated heterocycles.